The van der Waals surface area contributed by atoms with Crippen LogP contribution < -0.4 is 0 Å². The molecule has 0 radical (unpaired) electrons. The molecule has 28 heavy (non-hydrogen) atoms. The molecule has 3 nitrogen and oxygen atoms in total. The Balaban J connectivity index is 2.42. The van der Waals surface area contributed by atoms with Crippen LogP contribution >= 0.6 is 0 Å². The number of likely N-dealkylation sites (tertiary alicyclic amines) is 1. The Kier molecular flexibility index (Phi) is 11.6. The molecule has 0 spiro atoms. The number of rotatable bonds is 15. The fraction of sp³-hybridized carbons (Fsp3) is 0.826. The summed E-state index contributed by atoms with van der Waals surface area (Å²) >= 11 is 0. The Bertz CT molecular complexity index is 505. The molecular weight excluding hydrogens is 360 g/mol. The summed E-state index contributed by atoms with van der Waals surface area (Å²) in [6, 6.07) is -0.0527. The second kappa shape index (κ2) is 13.1. The SMILES string of the molecule is CCCCCCC(F)(F)C(C)/C=C/C1CCC(=O)N1CCCCCCC(C)=O. The molecule has 1 heterocycles. The molecule has 5 heteroatoms. The molecule has 1 rings (SSSR count). The maximum Gasteiger partial charge on any atom is 0.254 e. The minimum Gasteiger partial charge on any atom is -0.336 e. The van der Waals surface area contributed by atoms with Crippen LogP contribution in [0, 0.1) is 5.92 Å². The Labute approximate surface area is 169 Å². The second-order valence-electron chi connectivity index (χ2n) is 8.30. The van der Waals surface area contributed by atoms with Gasteiger partial charge in [-0.05, 0) is 32.6 Å². The van der Waals surface area contributed by atoms with Crippen LogP contribution in [0.2, 0.25) is 0 Å². The third-order valence-corrected chi connectivity index (χ3v) is 5.70. The highest BCUT2D eigenvalue weighted by Gasteiger charge is 2.35. The number of carbonyl (C=O) groups excluding carboxylic acids is 2. The normalized spacial score (nSPS) is 19.0. The van der Waals surface area contributed by atoms with E-state index in [1.165, 1.54) is 0 Å². The molecular formula is C23H39F2NO2. The largest absolute Gasteiger partial charge is 0.336 e. The predicted molar refractivity (Wildman–Crippen MR) is 111 cm³/mol. The summed E-state index contributed by atoms with van der Waals surface area (Å²) in [6.45, 7) is 5.93. The van der Waals surface area contributed by atoms with Crippen LogP contribution in [0.3, 0.4) is 0 Å². The summed E-state index contributed by atoms with van der Waals surface area (Å²) in [5.41, 5.74) is 0. The summed E-state index contributed by atoms with van der Waals surface area (Å²) in [5.74, 6) is -3.15. The molecule has 0 aromatic carbocycles. The topological polar surface area (TPSA) is 37.4 Å². The molecule has 2 atom stereocenters. The monoisotopic (exact) mass is 399 g/mol. The zero-order valence-corrected chi connectivity index (χ0v) is 18.0. The van der Waals surface area contributed by atoms with Crippen LogP contribution in [0.1, 0.15) is 97.8 Å². The number of Topliss-reactive ketones (excluding diaryl/α,β-unsaturated/α-hetero) is 1. The summed E-state index contributed by atoms with van der Waals surface area (Å²) in [6.07, 6.45) is 12.5. The highest BCUT2D eigenvalue weighted by Crippen LogP contribution is 2.32. The lowest BCUT2D eigenvalue weighted by atomic mass is 9.96. The number of unbranched alkanes of at least 4 members (excludes halogenated alkanes) is 6. The third kappa shape index (κ3) is 9.29. The van der Waals surface area contributed by atoms with E-state index in [1.54, 1.807) is 19.9 Å². The first-order valence-electron chi connectivity index (χ1n) is 11.1. The molecule has 0 aliphatic carbocycles. The highest BCUT2D eigenvalue weighted by atomic mass is 19.3. The van der Waals surface area contributed by atoms with Gasteiger partial charge in [-0.15, -0.1) is 0 Å². The van der Waals surface area contributed by atoms with Crippen molar-refractivity contribution in [2.45, 2.75) is 110 Å². The minimum absolute atomic E-state index is 0.0527. The smallest absolute Gasteiger partial charge is 0.254 e. The van der Waals surface area contributed by atoms with Crippen molar-refractivity contribution < 1.29 is 18.4 Å². The van der Waals surface area contributed by atoms with E-state index in [1.807, 2.05) is 11.0 Å². The van der Waals surface area contributed by atoms with Gasteiger partial charge in [0.05, 0.1) is 6.04 Å². The molecule has 0 N–H and O–H groups in total. The maximum absolute atomic E-state index is 14.3. The zero-order valence-electron chi connectivity index (χ0n) is 18.0. The van der Waals surface area contributed by atoms with Crippen LogP contribution in [-0.4, -0.2) is 35.1 Å². The van der Waals surface area contributed by atoms with E-state index in [4.69, 9.17) is 0 Å². The lowest BCUT2D eigenvalue weighted by Gasteiger charge is -2.24. The summed E-state index contributed by atoms with van der Waals surface area (Å²) in [7, 11) is 0. The van der Waals surface area contributed by atoms with Gasteiger partial charge in [0.1, 0.15) is 5.78 Å². The number of hydrogen-bond acceptors (Lipinski definition) is 2. The summed E-state index contributed by atoms with van der Waals surface area (Å²) in [4.78, 5) is 24.9. The molecule has 162 valence electrons. The molecule has 1 aliphatic heterocycles. The first-order chi connectivity index (χ1) is 13.3. The van der Waals surface area contributed by atoms with Gasteiger partial charge in [-0.3, -0.25) is 4.79 Å². The van der Waals surface area contributed by atoms with Gasteiger partial charge in [-0.25, -0.2) is 8.78 Å². The van der Waals surface area contributed by atoms with Crippen molar-refractivity contribution >= 4 is 11.7 Å². The molecule has 1 fully saturated rings. The average Bonchev–Trinajstić information content (AvgIpc) is 2.99. The lowest BCUT2D eigenvalue weighted by Crippen LogP contribution is -2.33. The Morgan fingerprint density at radius 1 is 1.18 bits per heavy atom. The van der Waals surface area contributed by atoms with Crippen molar-refractivity contribution in [2.75, 3.05) is 6.54 Å². The third-order valence-electron chi connectivity index (χ3n) is 5.70. The molecule has 1 aliphatic rings. The molecule has 1 amide bonds. The van der Waals surface area contributed by atoms with E-state index in [0.717, 1.165) is 44.9 Å². The van der Waals surface area contributed by atoms with E-state index < -0.39 is 11.8 Å². The predicted octanol–water partition coefficient (Wildman–Crippen LogP) is 6.31. The van der Waals surface area contributed by atoms with E-state index in [2.05, 4.69) is 6.92 Å². The van der Waals surface area contributed by atoms with Crippen molar-refractivity contribution in [3.05, 3.63) is 12.2 Å². The number of amides is 1. The van der Waals surface area contributed by atoms with Gasteiger partial charge in [0.25, 0.3) is 5.92 Å². The summed E-state index contributed by atoms with van der Waals surface area (Å²) in [5, 5.41) is 0. The first kappa shape index (κ1) is 24.8. The van der Waals surface area contributed by atoms with Gasteiger partial charge in [0, 0.05) is 31.7 Å². The van der Waals surface area contributed by atoms with Gasteiger partial charge >= 0.3 is 0 Å². The number of hydrogen-bond donors (Lipinski definition) is 0. The van der Waals surface area contributed by atoms with Crippen molar-refractivity contribution in [2.24, 2.45) is 5.92 Å². The van der Waals surface area contributed by atoms with Gasteiger partial charge in [-0.2, -0.15) is 0 Å². The maximum atomic E-state index is 14.3. The van der Waals surface area contributed by atoms with E-state index in [0.29, 0.717) is 32.2 Å². The van der Waals surface area contributed by atoms with Crippen LogP contribution in [-0.2, 0) is 9.59 Å². The molecule has 0 aromatic heterocycles. The second-order valence-corrected chi connectivity index (χ2v) is 8.30. The van der Waals surface area contributed by atoms with Gasteiger partial charge in [0.15, 0.2) is 0 Å². The van der Waals surface area contributed by atoms with Gasteiger partial charge in [-0.1, -0.05) is 58.1 Å². The standard InChI is InChI=1S/C23H39F2NO2/c1-4-5-6-10-17-23(24,25)19(2)13-14-21-15-16-22(28)26(21)18-11-8-7-9-12-20(3)27/h13-14,19,21H,4-12,15-18H2,1-3H3/b14-13+. The Morgan fingerprint density at radius 2 is 1.86 bits per heavy atom. The van der Waals surface area contributed by atoms with Crippen molar-refractivity contribution in [3.8, 4) is 0 Å². The van der Waals surface area contributed by atoms with Crippen molar-refractivity contribution in [1.29, 1.82) is 0 Å². The van der Waals surface area contributed by atoms with Crippen LogP contribution in [0.5, 0.6) is 0 Å². The van der Waals surface area contributed by atoms with Gasteiger partial charge in [0.2, 0.25) is 5.91 Å². The van der Waals surface area contributed by atoms with Crippen LogP contribution in [0.4, 0.5) is 8.78 Å². The fourth-order valence-electron chi connectivity index (χ4n) is 3.71. The number of carbonyl (C=O) groups is 2. The average molecular weight is 400 g/mol. The Hall–Kier alpha value is -1.26. The lowest BCUT2D eigenvalue weighted by molar-refractivity contribution is -0.128. The van der Waals surface area contributed by atoms with E-state index >= 15 is 0 Å². The molecule has 1 saturated heterocycles. The quantitative estimate of drug-likeness (QED) is 0.239. The van der Waals surface area contributed by atoms with Crippen molar-refractivity contribution in [1.82, 2.24) is 4.90 Å². The summed E-state index contributed by atoms with van der Waals surface area (Å²) < 4.78 is 28.6. The number of nitrogens with zero attached hydrogens (tertiary/aromatic N) is 1. The number of ketones is 1. The van der Waals surface area contributed by atoms with Crippen LogP contribution in [0.15, 0.2) is 12.2 Å². The number of allylic oxidation sites excluding steroid dienone is 1. The minimum atomic E-state index is -2.69. The van der Waals surface area contributed by atoms with Crippen LogP contribution in [0.25, 0.3) is 0 Å². The number of alkyl halides is 2. The van der Waals surface area contributed by atoms with E-state index in [-0.39, 0.29) is 24.2 Å². The Morgan fingerprint density at radius 3 is 2.54 bits per heavy atom. The van der Waals surface area contributed by atoms with Gasteiger partial charge < -0.3 is 9.69 Å². The first-order valence-corrected chi connectivity index (χ1v) is 11.1. The molecule has 0 saturated carbocycles. The van der Waals surface area contributed by atoms with E-state index in [9.17, 15) is 18.4 Å². The zero-order chi connectivity index (χ0) is 21.0. The van der Waals surface area contributed by atoms with Crippen molar-refractivity contribution in [3.63, 3.8) is 0 Å². The molecule has 0 aromatic rings. The molecule has 0 bridgehead atoms. The molecule has 2 unspecified atom stereocenters. The number of halogens is 2. The fourth-order valence-corrected chi connectivity index (χ4v) is 3.71. The highest BCUT2D eigenvalue weighted by molar-refractivity contribution is 5.79.